The summed E-state index contributed by atoms with van der Waals surface area (Å²) in [4.78, 5) is 24.0. The maximum atomic E-state index is 12.5. The minimum absolute atomic E-state index is 0.0766. The number of amides is 2. The van der Waals surface area contributed by atoms with Gasteiger partial charge in [-0.3, -0.25) is 14.7 Å². The number of fused-ring (bicyclic) bond motifs is 1. The van der Waals surface area contributed by atoms with Gasteiger partial charge in [0.05, 0.1) is 5.52 Å². The smallest absolute Gasteiger partial charge is 0.276 e. The van der Waals surface area contributed by atoms with Crippen LogP contribution in [0.4, 0.5) is 11.4 Å². The van der Waals surface area contributed by atoms with Crippen LogP contribution in [0.1, 0.15) is 29.4 Å². The molecule has 3 aromatic rings. The number of carbonyl (C=O) groups excluding carboxylic acids is 2. The summed E-state index contributed by atoms with van der Waals surface area (Å²) in [6, 6.07) is 12.8. The molecule has 0 bridgehead atoms. The Labute approximate surface area is 139 Å². The molecule has 0 aliphatic carbocycles. The van der Waals surface area contributed by atoms with Gasteiger partial charge in [-0.2, -0.15) is 5.10 Å². The molecular formula is C18H18N4O2. The highest BCUT2D eigenvalue weighted by molar-refractivity contribution is 6.11. The van der Waals surface area contributed by atoms with E-state index in [1.54, 1.807) is 31.2 Å². The van der Waals surface area contributed by atoms with E-state index in [0.29, 0.717) is 23.5 Å². The summed E-state index contributed by atoms with van der Waals surface area (Å²) in [5.74, 6) is -0.377. The number of nitrogens with one attached hydrogen (secondary N) is 3. The van der Waals surface area contributed by atoms with Crippen LogP contribution in [-0.2, 0) is 4.79 Å². The molecule has 0 unspecified atom stereocenters. The van der Waals surface area contributed by atoms with Gasteiger partial charge in [0.2, 0.25) is 5.91 Å². The van der Waals surface area contributed by atoms with Crippen LogP contribution < -0.4 is 10.6 Å². The van der Waals surface area contributed by atoms with Crippen LogP contribution in [0, 0.1) is 6.92 Å². The second kappa shape index (κ2) is 6.54. The lowest BCUT2D eigenvalue weighted by Gasteiger charge is -2.07. The number of hydrogen-bond donors (Lipinski definition) is 3. The molecule has 3 N–H and O–H groups in total. The van der Waals surface area contributed by atoms with E-state index < -0.39 is 0 Å². The maximum Gasteiger partial charge on any atom is 0.276 e. The average Bonchev–Trinajstić information content (AvgIpc) is 2.98. The van der Waals surface area contributed by atoms with Crippen molar-refractivity contribution in [2.75, 3.05) is 10.6 Å². The molecule has 0 fully saturated rings. The van der Waals surface area contributed by atoms with E-state index in [1.165, 1.54) is 0 Å². The second-order valence-electron chi connectivity index (χ2n) is 5.56. The van der Waals surface area contributed by atoms with Gasteiger partial charge in [-0.15, -0.1) is 0 Å². The van der Waals surface area contributed by atoms with Gasteiger partial charge in [-0.25, -0.2) is 0 Å². The van der Waals surface area contributed by atoms with E-state index in [2.05, 4.69) is 20.8 Å². The first-order valence-corrected chi connectivity index (χ1v) is 7.73. The molecule has 0 aliphatic heterocycles. The highest BCUT2D eigenvalue weighted by Crippen LogP contribution is 2.20. The number of nitrogens with zero attached hydrogens (tertiary/aromatic N) is 1. The van der Waals surface area contributed by atoms with E-state index in [9.17, 15) is 9.59 Å². The third-order valence-electron chi connectivity index (χ3n) is 3.66. The predicted molar refractivity (Wildman–Crippen MR) is 94.1 cm³/mol. The van der Waals surface area contributed by atoms with Gasteiger partial charge in [-0.1, -0.05) is 24.6 Å². The third kappa shape index (κ3) is 3.27. The molecule has 0 aliphatic rings. The largest absolute Gasteiger partial charge is 0.326 e. The Kier molecular flexibility index (Phi) is 4.29. The fourth-order valence-corrected chi connectivity index (χ4v) is 2.42. The molecular weight excluding hydrogens is 304 g/mol. The van der Waals surface area contributed by atoms with Crippen molar-refractivity contribution in [3.8, 4) is 0 Å². The van der Waals surface area contributed by atoms with Gasteiger partial charge in [0, 0.05) is 23.2 Å². The molecule has 24 heavy (non-hydrogen) atoms. The number of aryl methyl sites for hydroxylation is 1. The van der Waals surface area contributed by atoms with E-state index in [0.717, 1.165) is 16.5 Å². The topological polar surface area (TPSA) is 86.9 Å². The van der Waals surface area contributed by atoms with Crippen molar-refractivity contribution in [1.82, 2.24) is 10.2 Å². The Bertz CT molecular complexity index is 914. The van der Waals surface area contributed by atoms with E-state index in [1.807, 2.05) is 25.1 Å². The third-order valence-corrected chi connectivity index (χ3v) is 3.66. The van der Waals surface area contributed by atoms with Crippen LogP contribution in [0.2, 0.25) is 0 Å². The molecule has 2 aromatic carbocycles. The molecule has 0 atom stereocenters. The number of rotatable bonds is 4. The van der Waals surface area contributed by atoms with Crippen LogP contribution in [0.5, 0.6) is 0 Å². The van der Waals surface area contributed by atoms with E-state index in [4.69, 9.17) is 0 Å². The summed E-state index contributed by atoms with van der Waals surface area (Å²) in [6.07, 6.45) is 0.398. The molecule has 3 rings (SSSR count). The van der Waals surface area contributed by atoms with Gasteiger partial charge in [0.25, 0.3) is 5.91 Å². The molecule has 0 saturated heterocycles. The Morgan fingerprint density at radius 1 is 1.08 bits per heavy atom. The van der Waals surface area contributed by atoms with Gasteiger partial charge < -0.3 is 10.6 Å². The van der Waals surface area contributed by atoms with Crippen LogP contribution >= 0.6 is 0 Å². The van der Waals surface area contributed by atoms with Crippen molar-refractivity contribution >= 4 is 34.1 Å². The van der Waals surface area contributed by atoms with Gasteiger partial charge in [0.15, 0.2) is 5.69 Å². The van der Waals surface area contributed by atoms with Crippen molar-refractivity contribution in [3.05, 3.63) is 53.7 Å². The Morgan fingerprint density at radius 2 is 1.83 bits per heavy atom. The van der Waals surface area contributed by atoms with Crippen LogP contribution in [0.3, 0.4) is 0 Å². The van der Waals surface area contributed by atoms with Crippen molar-refractivity contribution < 1.29 is 9.59 Å². The summed E-state index contributed by atoms with van der Waals surface area (Å²) < 4.78 is 0. The fraction of sp³-hybridized carbons (Fsp3) is 0.167. The molecule has 122 valence electrons. The molecule has 1 aromatic heterocycles. The first-order chi connectivity index (χ1) is 11.6. The molecule has 0 saturated carbocycles. The summed E-state index contributed by atoms with van der Waals surface area (Å²) in [7, 11) is 0. The van der Waals surface area contributed by atoms with Gasteiger partial charge in [0.1, 0.15) is 0 Å². The number of carbonyl (C=O) groups is 2. The lowest BCUT2D eigenvalue weighted by Crippen LogP contribution is -2.14. The quantitative estimate of drug-likeness (QED) is 0.687. The van der Waals surface area contributed by atoms with Crippen molar-refractivity contribution in [3.63, 3.8) is 0 Å². The number of aromatic nitrogens is 2. The van der Waals surface area contributed by atoms with Crippen molar-refractivity contribution in [2.24, 2.45) is 0 Å². The zero-order valence-corrected chi connectivity index (χ0v) is 13.5. The molecule has 0 spiro atoms. The molecule has 0 radical (unpaired) electrons. The van der Waals surface area contributed by atoms with Crippen LogP contribution in [0.25, 0.3) is 10.9 Å². The SMILES string of the molecule is CCC(=O)Nc1cccc(NC(=O)c2n[nH]c3ccc(C)cc23)c1. The molecule has 6 heteroatoms. The first-order valence-electron chi connectivity index (χ1n) is 7.73. The lowest BCUT2D eigenvalue weighted by molar-refractivity contribution is -0.115. The molecule has 2 amide bonds. The Balaban J connectivity index is 1.82. The highest BCUT2D eigenvalue weighted by atomic mass is 16.2. The Hall–Kier alpha value is -3.15. The second-order valence-corrected chi connectivity index (χ2v) is 5.56. The van der Waals surface area contributed by atoms with Crippen molar-refractivity contribution in [2.45, 2.75) is 20.3 Å². The number of aromatic amines is 1. The predicted octanol–water partition coefficient (Wildman–Crippen LogP) is 3.47. The summed E-state index contributed by atoms with van der Waals surface area (Å²) >= 11 is 0. The zero-order chi connectivity index (χ0) is 17.1. The van der Waals surface area contributed by atoms with Gasteiger partial charge >= 0.3 is 0 Å². The van der Waals surface area contributed by atoms with Crippen LogP contribution in [0.15, 0.2) is 42.5 Å². The van der Waals surface area contributed by atoms with Crippen LogP contribution in [-0.4, -0.2) is 22.0 Å². The minimum atomic E-state index is -0.300. The first kappa shape index (κ1) is 15.7. The summed E-state index contributed by atoms with van der Waals surface area (Å²) in [6.45, 7) is 3.75. The van der Waals surface area contributed by atoms with E-state index in [-0.39, 0.29) is 11.8 Å². The fourth-order valence-electron chi connectivity index (χ4n) is 2.42. The average molecular weight is 322 g/mol. The lowest BCUT2D eigenvalue weighted by atomic mass is 10.1. The highest BCUT2D eigenvalue weighted by Gasteiger charge is 2.14. The number of anilines is 2. The van der Waals surface area contributed by atoms with Gasteiger partial charge in [-0.05, 0) is 37.3 Å². The monoisotopic (exact) mass is 322 g/mol. The van der Waals surface area contributed by atoms with E-state index >= 15 is 0 Å². The Morgan fingerprint density at radius 3 is 2.58 bits per heavy atom. The zero-order valence-electron chi connectivity index (χ0n) is 13.5. The summed E-state index contributed by atoms with van der Waals surface area (Å²) in [5, 5.41) is 13.3. The maximum absolute atomic E-state index is 12.5. The van der Waals surface area contributed by atoms with Crippen molar-refractivity contribution in [1.29, 1.82) is 0 Å². The normalized spacial score (nSPS) is 10.6. The molecule has 6 nitrogen and oxygen atoms in total. The summed E-state index contributed by atoms with van der Waals surface area (Å²) in [5.41, 5.74) is 3.45. The number of H-pyrrole nitrogens is 1. The number of hydrogen-bond acceptors (Lipinski definition) is 3. The minimum Gasteiger partial charge on any atom is -0.326 e. The number of benzene rings is 2. The standard InChI is InChI=1S/C18H18N4O2/c1-3-16(23)19-12-5-4-6-13(10-12)20-18(24)17-14-9-11(2)7-8-15(14)21-22-17/h4-10H,3H2,1-2H3,(H,19,23)(H,20,24)(H,21,22). The molecule has 1 heterocycles.